The third-order valence-electron chi connectivity index (χ3n) is 5.03. The summed E-state index contributed by atoms with van der Waals surface area (Å²) in [5, 5.41) is 30.1. The van der Waals surface area contributed by atoms with E-state index in [1.165, 1.54) is 63.2 Å². The maximum absolute atomic E-state index is 12.7. The first-order chi connectivity index (χ1) is 17.6. The molecule has 4 amide bonds. The first-order valence-electron chi connectivity index (χ1n) is 10.7. The van der Waals surface area contributed by atoms with Crippen molar-refractivity contribution in [3.63, 3.8) is 0 Å². The first-order valence-corrected chi connectivity index (χ1v) is 10.7. The number of phenols is 2. The molecule has 0 fully saturated rings. The van der Waals surface area contributed by atoms with Gasteiger partial charge >= 0.3 is 12.2 Å². The summed E-state index contributed by atoms with van der Waals surface area (Å²) < 4.78 is 8.72. The van der Waals surface area contributed by atoms with Crippen molar-refractivity contribution in [1.82, 2.24) is 0 Å². The molecule has 37 heavy (non-hydrogen) atoms. The number of ether oxygens (including phenoxy) is 2. The minimum Gasteiger partial charge on any atom is -0.506 e. The largest absolute Gasteiger partial charge is 0.506 e. The Balaban J connectivity index is 1.62. The molecule has 0 aromatic heterocycles. The van der Waals surface area contributed by atoms with Crippen LogP contribution in [0.3, 0.4) is 0 Å². The lowest BCUT2D eigenvalue weighted by atomic mass is 10.2. The van der Waals surface area contributed by atoms with Crippen molar-refractivity contribution in [3.8, 4) is 11.5 Å². The van der Waals surface area contributed by atoms with E-state index >= 15 is 0 Å². The zero-order valence-corrected chi connectivity index (χ0v) is 19.8. The maximum atomic E-state index is 12.7. The van der Waals surface area contributed by atoms with Crippen LogP contribution in [0.15, 0.2) is 53.8 Å². The summed E-state index contributed by atoms with van der Waals surface area (Å²) >= 11 is 0. The van der Waals surface area contributed by atoms with Crippen LogP contribution in [0.25, 0.3) is 0 Å². The quantitative estimate of drug-likeness (QED) is 0.229. The van der Waals surface area contributed by atoms with Gasteiger partial charge in [0.25, 0.3) is 11.8 Å². The fourth-order valence-electron chi connectivity index (χ4n) is 3.31. The smallest absolute Gasteiger partial charge is 0.411 e. The molecule has 3 rings (SSSR count). The average molecular weight is 513 g/mol. The Hall–Kier alpha value is -5.11. The Kier molecular flexibility index (Phi) is 8.27. The van der Waals surface area contributed by atoms with E-state index in [1.54, 1.807) is 6.20 Å². The van der Waals surface area contributed by atoms with Gasteiger partial charge in [-0.1, -0.05) is 0 Å². The maximum Gasteiger partial charge on any atom is 0.411 e. The van der Waals surface area contributed by atoms with Gasteiger partial charge in [0.05, 0.1) is 31.8 Å². The van der Waals surface area contributed by atoms with Crippen LogP contribution in [0.4, 0.5) is 32.3 Å². The number of phenolic OH excluding ortho intramolecular Hbond substituents is 2. The number of hydrogen-bond acceptors (Lipinski definition) is 9. The summed E-state index contributed by atoms with van der Waals surface area (Å²) in [6.07, 6.45) is 2.93. The average Bonchev–Trinajstić information content (AvgIpc) is 3.29. The summed E-state index contributed by atoms with van der Waals surface area (Å²) in [5.41, 5.74) is 0.716. The summed E-state index contributed by atoms with van der Waals surface area (Å²) in [7, 11) is 2.36. The normalized spacial score (nSPS) is 12.9. The van der Waals surface area contributed by atoms with Crippen LogP contribution in [-0.2, 0) is 19.1 Å². The molecule has 0 atom stereocenters. The van der Waals surface area contributed by atoms with Crippen LogP contribution in [0.1, 0.15) is 0 Å². The second-order valence-corrected chi connectivity index (χ2v) is 7.78. The lowest BCUT2D eigenvalue weighted by Crippen LogP contribution is -2.50. The van der Waals surface area contributed by atoms with E-state index in [0.717, 1.165) is 0 Å². The summed E-state index contributed by atoms with van der Waals surface area (Å²) in [4.78, 5) is 52.1. The van der Waals surface area contributed by atoms with Crippen molar-refractivity contribution in [1.29, 1.82) is 0 Å². The van der Waals surface area contributed by atoms with Crippen molar-refractivity contribution < 1.29 is 43.3 Å². The van der Waals surface area contributed by atoms with E-state index in [4.69, 9.17) is 0 Å². The Morgan fingerprint density at radius 1 is 0.784 bits per heavy atom. The highest BCUT2D eigenvalue weighted by Gasteiger charge is 2.33. The van der Waals surface area contributed by atoms with E-state index in [-0.39, 0.29) is 51.8 Å². The van der Waals surface area contributed by atoms with Crippen LogP contribution in [0.2, 0.25) is 0 Å². The van der Waals surface area contributed by atoms with Crippen molar-refractivity contribution in [2.24, 2.45) is 4.99 Å². The fourth-order valence-corrected chi connectivity index (χ4v) is 3.31. The zero-order chi connectivity index (χ0) is 27.0. The Morgan fingerprint density at radius 3 is 1.59 bits per heavy atom. The molecule has 2 aromatic carbocycles. The SMILES string of the molecule is COC(=O)Nc1ccc(NC(=O)C[N+]2(CC(=O)Nc3ccc(NC(=O)OC)c(O)c3)C=CN=C2)cc1O. The molecule has 1 aliphatic heterocycles. The molecule has 194 valence electrons. The second-order valence-electron chi connectivity index (χ2n) is 7.78. The highest BCUT2D eigenvalue weighted by atomic mass is 16.5. The third kappa shape index (κ3) is 7.19. The molecule has 14 heteroatoms. The van der Waals surface area contributed by atoms with Crippen molar-refractivity contribution in [3.05, 3.63) is 48.8 Å². The van der Waals surface area contributed by atoms with Gasteiger partial charge < -0.3 is 30.3 Å². The van der Waals surface area contributed by atoms with Gasteiger partial charge in [-0.2, -0.15) is 0 Å². The van der Waals surface area contributed by atoms with Crippen molar-refractivity contribution >= 4 is 53.1 Å². The molecule has 1 aliphatic rings. The molecule has 2 aromatic rings. The summed E-state index contributed by atoms with van der Waals surface area (Å²) in [5.74, 6) is -1.53. The molecule has 0 bridgehead atoms. The van der Waals surface area contributed by atoms with E-state index in [2.05, 4.69) is 35.7 Å². The molecule has 0 spiro atoms. The molecule has 0 aliphatic carbocycles. The Morgan fingerprint density at radius 2 is 1.24 bits per heavy atom. The number of carbonyl (C=O) groups excluding carboxylic acids is 4. The number of aromatic hydroxyl groups is 2. The lowest BCUT2D eigenvalue weighted by molar-refractivity contribution is -0.760. The molecule has 0 saturated heterocycles. The number of rotatable bonds is 8. The number of amides is 4. The zero-order valence-electron chi connectivity index (χ0n) is 19.8. The summed E-state index contributed by atoms with van der Waals surface area (Å²) in [6.45, 7) is -0.382. The van der Waals surface area contributed by atoms with Gasteiger partial charge in [-0.3, -0.25) is 20.2 Å². The third-order valence-corrected chi connectivity index (χ3v) is 5.03. The van der Waals surface area contributed by atoms with E-state index in [1.807, 2.05) is 0 Å². The minimum absolute atomic E-state index is 0.0970. The summed E-state index contributed by atoms with van der Waals surface area (Å²) in [6, 6.07) is 8.22. The number of nitrogens with one attached hydrogen (secondary N) is 4. The minimum atomic E-state index is -0.763. The topological polar surface area (TPSA) is 188 Å². The van der Waals surface area contributed by atoms with E-state index in [0.29, 0.717) is 0 Å². The highest BCUT2D eigenvalue weighted by molar-refractivity contribution is 5.96. The van der Waals surface area contributed by atoms with Gasteiger partial charge in [-0.15, -0.1) is 0 Å². The number of anilines is 4. The molecular formula is C23H25N6O8+. The predicted octanol–water partition coefficient (Wildman–Crippen LogP) is 2.36. The van der Waals surface area contributed by atoms with Crippen molar-refractivity contribution in [2.75, 3.05) is 48.6 Å². The van der Waals surface area contributed by atoms with E-state index in [9.17, 15) is 29.4 Å². The molecule has 6 N–H and O–H groups in total. The molecule has 0 unspecified atom stereocenters. The van der Waals surface area contributed by atoms with Gasteiger partial charge in [0.1, 0.15) is 17.7 Å². The predicted molar refractivity (Wildman–Crippen MR) is 133 cm³/mol. The molecule has 14 nitrogen and oxygen atoms in total. The van der Waals surface area contributed by atoms with Gasteiger partial charge in [-0.25, -0.2) is 19.1 Å². The molecular weight excluding hydrogens is 488 g/mol. The molecule has 1 heterocycles. The number of hydrogen-bond donors (Lipinski definition) is 6. The highest BCUT2D eigenvalue weighted by Crippen LogP contribution is 2.28. The second kappa shape index (κ2) is 11.5. The molecule has 0 saturated carbocycles. The standard InChI is InChI=1S/C23H24N6O8/c1-36-22(34)27-16-5-3-14(9-18(16)30)25-20(32)11-29(8-7-24-13-29)12-21(33)26-15-4-6-17(19(31)10-15)28-23(35)37-2/h3-10,13H,11-12H2,1-2H3,(H5-,25,26,27,28,30,31,32,33,34,35)/p+1. The van der Waals surface area contributed by atoms with Gasteiger partial charge in [0, 0.05) is 23.5 Å². The number of benzene rings is 2. The first kappa shape index (κ1) is 26.5. The van der Waals surface area contributed by atoms with E-state index < -0.39 is 24.0 Å². The lowest BCUT2D eigenvalue weighted by Gasteiger charge is -2.26. The number of nitrogens with zero attached hydrogens (tertiary/aromatic N) is 2. The van der Waals surface area contributed by atoms with Gasteiger partial charge in [0.15, 0.2) is 19.4 Å². The molecule has 0 radical (unpaired) electrons. The van der Waals surface area contributed by atoms with Crippen LogP contribution in [-0.4, -0.2) is 72.3 Å². The number of methoxy groups -OCH3 is 2. The van der Waals surface area contributed by atoms with Crippen LogP contribution in [0, 0.1) is 0 Å². The monoisotopic (exact) mass is 513 g/mol. The van der Waals surface area contributed by atoms with Crippen LogP contribution < -0.4 is 21.3 Å². The van der Waals surface area contributed by atoms with Crippen LogP contribution in [0.5, 0.6) is 11.5 Å². The number of aliphatic imine (C=N–C) groups is 1. The number of carbonyl (C=O) groups is 4. The van der Waals surface area contributed by atoms with Crippen LogP contribution >= 0.6 is 0 Å². The van der Waals surface area contributed by atoms with Gasteiger partial charge in [0.2, 0.25) is 0 Å². The Labute approximate surface area is 210 Å². The Bertz CT molecular complexity index is 1180. The van der Waals surface area contributed by atoms with Gasteiger partial charge in [-0.05, 0) is 24.3 Å². The fraction of sp³-hybridized carbons (Fsp3) is 0.174. The number of quaternary nitrogens is 1. The van der Waals surface area contributed by atoms with Crippen molar-refractivity contribution in [2.45, 2.75) is 0 Å².